The number of hydrogen-bond donors (Lipinski definition) is 1. The molecule has 1 aliphatic carbocycles. The summed E-state index contributed by atoms with van der Waals surface area (Å²) in [5.74, 6) is 0. The highest BCUT2D eigenvalue weighted by atomic mass is 32.1. The lowest BCUT2D eigenvalue weighted by Crippen LogP contribution is -2.24. The van der Waals surface area contributed by atoms with Crippen molar-refractivity contribution in [3.8, 4) is 0 Å². The Kier molecular flexibility index (Phi) is 3.50. The van der Waals surface area contributed by atoms with Gasteiger partial charge in [0.1, 0.15) is 0 Å². The van der Waals surface area contributed by atoms with Crippen molar-refractivity contribution in [1.82, 2.24) is 5.32 Å². The van der Waals surface area contributed by atoms with Crippen molar-refractivity contribution in [2.75, 3.05) is 0 Å². The number of thiophene rings is 1. The second-order valence-electron chi connectivity index (χ2n) is 5.78. The van der Waals surface area contributed by atoms with Crippen LogP contribution in [-0.4, -0.2) is 0 Å². The smallest absolute Gasteiger partial charge is 0.0346 e. The third-order valence-electron chi connectivity index (χ3n) is 4.47. The molecule has 0 bridgehead atoms. The number of rotatable bonds is 3. The van der Waals surface area contributed by atoms with Gasteiger partial charge in [0.2, 0.25) is 0 Å². The van der Waals surface area contributed by atoms with E-state index in [4.69, 9.17) is 0 Å². The van der Waals surface area contributed by atoms with Crippen LogP contribution in [0.15, 0.2) is 53.9 Å². The lowest BCUT2D eigenvalue weighted by Gasteiger charge is -2.26. The van der Waals surface area contributed by atoms with Crippen LogP contribution in [0.4, 0.5) is 0 Å². The first-order chi connectivity index (χ1) is 10.4. The zero-order valence-corrected chi connectivity index (χ0v) is 12.8. The van der Waals surface area contributed by atoms with E-state index < -0.39 is 0 Å². The molecular formula is C19H19NS. The molecule has 0 aliphatic heterocycles. The van der Waals surface area contributed by atoms with Gasteiger partial charge in [-0.2, -0.15) is 0 Å². The molecule has 1 aromatic heterocycles. The van der Waals surface area contributed by atoms with Crippen molar-refractivity contribution < 1.29 is 0 Å². The fourth-order valence-electron chi connectivity index (χ4n) is 3.37. The Morgan fingerprint density at radius 3 is 2.90 bits per heavy atom. The van der Waals surface area contributed by atoms with E-state index >= 15 is 0 Å². The third-order valence-corrected chi connectivity index (χ3v) is 5.48. The van der Waals surface area contributed by atoms with Crippen molar-refractivity contribution in [3.05, 3.63) is 70.6 Å². The van der Waals surface area contributed by atoms with Crippen LogP contribution in [-0.2, 0) is 13.0 Å². The van der Waals surface area contributed by atoms with Crippen molar-refractivity contribution >= 4 is 21.4 Å². The normalized spacial score (nSPS) is 17.8. The second-order valence-corrected chi connectivity index (χ2v) is 6.69. The van der Waals surface area contributed by atoms with Gasteiger partial charge in [-0.25, -0.2) is 0 Å². The maximum absolute atomic E-state index is 3.78. The highest BCUT2D eigenvalue weighted by molar-refractivity contribution is 7.17. The summed E-state index contributed by atoms with van der Waals surface area (Å²) >= 11 is 1.85. The van der Waals surface area contributed by atoms with Gasteiger partial charge in [-0.1, -0.05) is 42.5 Å². The monoisotopic (exact) mass is 293 g/mol. The number of aryl methyl sites for hydroxylation is 1. The average Bonchev–Trinajstić information content (AvgIpc) is 2.96. The molecule has 0 amide bonds. The predicted molar refractivity (Wildman–Crippen MR) is 90.8 cm³/mol. The zero-order chi connectivity index (χ0) is 14.1. The molecule has 106 valence electrons. The van der Waals surface area contributed by atoms with Crippen molar-refractivity contribution in [1.29, 1.82) is 0 Å². The third kappa shape index (κ3) is 2.50. The standard InChI is InChI=1S/C19H19NS/c1-2-8-16-14(6-1)7-5-10-18(16)20-12-15-13-21-19-11-4-3-9-17(15)19/h1-4,6,8-9,11,13,18,20H,5,7,10,12H2. The van der Waals surface area contributed by atoms with Gasteiger partial charge in [0.15, 0.2) is 0 Å². The maximum Gasteiger partial charge on any atom is 0.0346 e. The molecule has 1 heterocycles. The van der Waals surface area contributed by atoms with Crippen LogP contribution in [0.2, 0.25) is 0 Å². The Hall–Kier alpha value is -1.64. The van der Waals surface area contributed by atoms with Gasteiger partial charge in [0.05, 0.1) is 0 Å². The molecule has 1 nitrogen and oxygen atoms in total. The molecular weight excluding hydrogens is 274 g/mol. The molecule has 3 aromatic rings. The van der Waals surface area contributed by atoms with Crippen LogP contribution in [0.25, 0.3) is 10.1 Å². The molecule has 0 spiro atoms. The Morgan fingerprint density at radius 1 is 1.05 bits per heavy atom. The van der Waals surface area contributed by atoms with E-state index in [9.17, 15) is 0 Å². The average molecular weight is 293 g/mol. The number of nitrogens with one attached hydrogen (secondary N) is 1. The van der Waals surface area contributed by atoms with Crippen LogP contribution in [0.5, 0.6) is 0 Å². The van der Waals surface area contributed by atoms with Crippen molar-refractivity contribution in [2.45, 2.75) is 31.8 Å². The molecule has 1 unspecified atom stereocenters. The first kappa shape index (κ1) is 13.1. The lowest BCUT2D eigenvalue weighted by atomic mass is 9.87. The molecule has 4 rings (SSSR count). The number of benzene rings is 2. The molecule has 0 fully saturated rings. The minimum absolute atomic E-state index is 0.508. The van der Waals surface area contributed by atoms with E-state index in [0.717, 1.165) is 6.54 Å². The molecule has 1 N–H and O–H groups in total. The molecule has 1 aliphatic rings. The molecule has 2 aromatic carbocycles. The Balaban J connectivity index is 1.55. The van der Waals surface area contributed by atoms with E-state index in [1.54, 1.807) is 0 Å². The van der Waals surface area contributed by atoms with Crippen molar-refractivity contribution in [2.24, 2.45) is 0 Å². The summed E-state index contributed by atoms with van der Waals surface area (Å²) in [5, 5.41) is 7.48. The van der Waals surface area contributed by atoms with Crippen LogP contribution in [0.3, 0.4) is 0 Å². The zero-order valence-electron chi connectivity index (χ0n) is 12.0. The predicted octanol–water partition coefficient (Wildman–Crippen LogP) is 5.07. The summed E-state index contributed by atoms with van der Waals surface area (Å²) in [6, 6.07) is 18.1. The second kappa shape index (κ2) is 5.63. The van der Waals surface area contributed by atoms with Gasteiger partial charge in [-0.05, 0) is 52.8 Å². The van der Waals surface area contributed by atoms with E-state index in [0.29, 0.717) is 6.04 Å². The lowest BCUT2D eigenvalue weighted by molar-refractivity contribution is 0.460. The van der Waals surface area contributed by atoms with Crippen LogP contribution < -0.4 is 5.32 Å². The molecule has 0 saturated heterocycles. The Labute approximate surface area is 129 Å². The number of fused-ring (bicyclic) bond motifs is 2. The van der Waals surface area contributed by atoms with Gasteiger partial charge in [-0.15, -0.1) is 11.3 Å². The summed E-state index contributed by atoms with van der Waals surface area (Å²) in [5.41, 5.74) is 4.46. The van der Waals surface area contributed by atoms with Gasteiger partial charge in [0.25, 0.3) is 0 Å². The van der Waals surface area contributed by atoms with Gasteiger partial charge in [0, 0.05) is 17.3 Å². The summed E-state index contributed by atoms with van der Waals surface area (Å²) in [7, 11) is 0. The fourth-order valence-corrected chi connectivity index (χ4v) is 4.33. The van der Waals surface area contributed by atoms with E-state index in [2.05, 4.69) is 59.2 Å². The summed E-state index contributed by atoms with van der Waals surface area (Å²) in [6.45, 7) is 0.961. The minimum atomic E-state index is 0.508. The fraction of sp³-hybridized carbons (Fsp3) is 0.263. The van der Waals surface area contributed by atoms with Crippen molar-refractivity contribution in [3.63, 3.8) is 0 Å². The first-order valence-electron chi connectivity index (χ1n) is 7.68. The van der Waals surface area contributed by atoms with Crippen LogP contribution in [0.1, 0.15) is 35.6 Å². The van der Waals surface area contributed by atoms with Gasteiger partial charge in [-0.3, -0.25) is 0 Å². The van der Waals surface area contributed by atoms with E-state index in [-0.39, 0.29) is 0 Å². The topological polar surface area (TPSA) is 12.0 Å². The summed E-state index contributed by atoms with van der Waals surface area (Å²) < 4.78 is 1.39. The quantitative estimate of drug-likeness (QED) is 0.711. The first-order valence-corrected chi connectivity index (χ1v) is 8.56. The van der Waals surface area contributed by atoms with Gasteiger partial charge < -0.3 is 5.32 Å². The van der Waals surface area contributed by atoms with E-state index in [1.165, 1.54) is 46.0 Å². The Morgan fingerprint density at radius 2 is 1.90 bits per heavy atom. The van der Waals surface area contributed by atoms with E-state index in [1.807, 2.05) is 11.3 Å². The largest absolute Gasteiger partial charge is 0.306 e. The highest BCUT2D eigenvalue weighted by Crippen LogP contribution is 2.31. The molecule has 0 saturated carbocycles. The summed E-state index contributed by atoms with van der Waals surface area (Å²) in [6.07, 6.45) is 3.77. The highest BCUT2D eigenvalue weighted by Gasteiger charge is 2.19. The maximum atomic E-state index is 3.78. The molecule has 2 heteroatoms. The summed E-state index contributed by atoms with van der Waals surface area (Å²) in [4.78, 5) is 0. The minimum Gasteiger partial charge on any atom is -0.306 e. The molecule has 0 radical (unpaired) electrons. The SMILES string of the molecule is c1ccc2c(c1)CCCC2NCc1csc2ccccc12. The van der Waals surface area contributed by atoms with Crippen LogP contribution >= 0.6 is 11.3 Å². The molecule has 21 heavy (non-hydrogen) atoms. The van der Waals surface area contributed by atoms with Gasteiger partial charge >= 0.3 is 0 Å². The number of hydrogen-bond acceptors (Lipinski definition) is 2. The molecule has 1 atom stereocenters. The van der Waals surface area contributed by atoms with Crippen LogP contribution in [0, 0.1) is 0 Å². The Bertz CT molecular complexity index is 759.